The Morgan fingerprint density at radius 2 is 2.35 bits per heavy atom. The summed E-state index contributed by atoms with van der Waals surface area (Å²) in [6, 6.07) is 0.232. The van der Waals surface area contributed by atoms with Crippen LogP contribution in [0.2, 0.25) is 0 Å². The molecule has 3 atom stereocenters. The third-order valence-corrected chi connectivity index (χ3v) is 5.23. The van der Waals surface area contributed by atoms with E-state index in [9.17, 15) is 5.11 Å². The Balaban J connectivity index is 1.74. The van der Waals surface area contributed by atoms with Gasteiger partial charge in [-0.1, -0.05) is 12.8 Å². The smallest absolute Gasteiger partial charge is 0.0700 e. The zero-order valence-electron chi connectivity index (χ0n) is 12.3. The molecule has 0 amide bonds. The first-order chi connectivity index (χ1) is 9.62. The predicted molar refractivity (Wildman–Crippen MR) is 78.1 cm³/mol. The maximum absolute atomic E-state index is 10.8. The Labute approximate surface area is 120 Å². The highest BCUT2D eigenvalue weighted by Gasteiger charge is 2.44. The van der Waals surface area contributed by atoms with Crippen molar-refractivity contribution in [1.82, 2.24) is 14.7 Å². The molecule has 112 valence electrons. The minimum atomic E-state index is -0.414. The molecule has 0 bridgehead atoms. The molecule has 5 nitrogen and oxygen atoms in total. The summed E-state index contributed by atoms with van der Waals surface area (Å²) in [6.07, 6.45) is 9.41. The quantitative estimate of drug-likeness (QED) is 0.867. The number of likely N-dealkylation sites (tertiary alicyclic amines) is 1. The van der Waals surface area contributed by atoms with E-state index in [1.807, 2.05) is 17.9 Å². The van der Waals surface area contributed by atoms with Crippen LogP contribution in [-0.2, 0) is 7.05 Å². The maximum atomic E-state index is 10.8. The van der Waals surface area contributed by atoms with E-state index in [0.717, 1.165) is 32.4 Å². The molecule has 3 unspecified atom stereocenters. The molecule has 1 aromatic rings. The second-order valence-corrected chi connectivity index (χ2v) is 6.49. The summed E-state index contributed by atoms with van der Waals surface area (Å²) in [5, 5.41) is 15.0. The lowest BCUT2D eigenvalue weighted by molar-refractivity contribution is -0.102. The maximum Gasteiger partial charge on any atom is 0.0700 e. The van der Waals surface area contributed by atoms with E-state index in [0.29, 0.717) is 12.5 Å². The molecule has 1 saturated heterocycles. The molecule has 0 spiro atoms. The van der Waals surface area contributed by atoms with E-state index in [4.69, 9.17) is 5.73 Å². The van der Waals surface area contributed by atoms with Gasteiger partial charge in [0.05, 0.1) is 17.8 Å². The van der Waals surface area contributed by atoms with Crippen LogP contribution in [0.4, 0.5) is 0 Å². The molecule has 2 heterocycles. The topological polar surface area (TPSA) is 67.3 Å². The van der Waals surface area contributed by atoms with Crippen molar-refractivity contribution in [1.29, 1.82) is 0 Å². The Hall–Kier alpha value is -0.910. The van der Waals surface area contributed by atoms with Crippen LogP contribution in [0.15, 0.2) is 12.4 Å². The molecular formula is C15H26N4O. The average molecular weight is 278 g/mol. The number of hydrogen-bond acceptors (Lipinski definition) is 4. The minimum absolute atomic E-state index is 0.232. The summed E-state index contributed by atoms with van der Waals surface area (Å²) in [4.78, 5) is 2.45. The van der Waals surface area contributed by atoms with Crippen molar-refractivity contribution in [3.05, 3.63) is 18.0 Å². The van der Waals surface area contributed by atoms with Crippen LogP contribution >= 0.6 is 0 Å². The Bertz CT molecular complexity index is 460. The molecule has 1 aromatic heterocycles. The molecular weight excluding hydrogens is 252 g/mol. The van der Waals surface area contributed by atoms with Crippen LogP contribution in [0.5, 0.6) is 0 Å². The number of piperidine rings is 1. The molecule has 0 radical (unpaired) electrons. The summed E-state index contributed by atoms with van der Waals surface area (Å²) >= 11 is 0. The van der Waals surface area contributed by atoms with Gasteiger partial charge in [-0.2, -0.15) is 5.10 Å². The van der Waals surface area contributed by atoms with Crippen LogP contribution in [0, 0.1) is 5.92 Å². The van der Waals surface area contributed by atoms with Gasteiger partial charge < -0.3 is 10.8 Å². The highest BCUT2D eigenvalue weighted by molar-refractivity contribution is 5.12. The van der Waals surface area contributed by atoms with E-state index in [-0.39, 0.29) is 6.04 Å². The summed E-state index contributed by atoms with van der Waals surface area (Å²) in [7, 11) is 1.94. The fourth-order valence-corrected chi connectivity index (χ4v) is 3.99. The van der Waals surface area contributed by atoms with Gasteiger partial charge in [-0.3, -0.25) is 9.58 Å². The van der Waals surface area contributed by atoms with Crippen molar-refractivity contribution >= 4 is 0 Å². The second-order valence-electron chi connectivity index (χ2n) is 6.49. The molecule has 0 aromatic carbocycles. The summed E-state index contributed by atoms with van der Waals surface area (Å²) in [6.45, 7) is 2.51. The number of fused-ring (bicyclic) bond motifs is 1. The van der Waals surface area contributed by atoms with Gasteiger partial charge in [-0.05, 0) is 19.3 Å². The Morgan fingerprint density at radius 3 is 3.05 bits per heavy atom. The Morgan fingerprint density at radius 1 is 1.50 bits per heavy atom. The van der Waals surface area contributed by atoms with Crippen LogP contribution < -0.4 is 5.73 Å². The lowest BCUT2D eigenvalue weighted by Gasteiger charge is -2.49. The zero-order chi connectivity index (χ0) is 14.2. The van der Waals surface area contributed by atoms with Crippen LogP contribution in [-0.4, -0.2) is 45.0 Å². The number of nitrogens with two attached hydrogens (primary N) is 1. The van der Waals surface area contributed by atoms with Crippen LogP contribution in [0.1, 0.15) is 43.7 Å². The molecule has 2 fully saturated rings. The fraction of sp³-hybridized carbons (Fsp3) is 0.800. The van der Waals surface area contributed by atoms with Crippen molar-refractivity contribution in [3.8, 4) is 0 Å². The number of aryl methyl sites for hydroxylation is 1. The van der Waals surface area contributed by atoms with Gasteiger partial charge in [0.15, 0.2) is 0 Å². The normalized spacial score (nSPS) is 32.9. The third kappa shape index (κ3) is 2.50. The van der Waals surface area contributed by atoms with Crippen molar-refractivity contribution in [3.63, 3.8) is 0 Å². The van der Waals surface area contributed by atoms with E-state index in [1.165, 1.54) is 18.4 Å². The van der Waals surface area contributed by atoms with Gasteiger partial charge in [-0.25, -0.2) is 0 Å². The molecule has 1 aliphatic heterocycles. The summed E-state index contributed by atoms with van der Waals surface area (Å²) < 4.78 is 1.83. The molecule has 1 saturated carbocycles. The van der Waals surface area contributed by atoms with Crippen molar-refractivity contribution in [2.45, 2.75) is 43.7 Å². The fourth-order valence-electron chi connectivity index (χ4n) is 3.99. The number of aromatic nitrogens is 2. The van der Waals surface area contributed by atoms with Gasteiger partial charge in [0.25, 0.3) is 0 Å². The van der Waals surface area contributed by atoms with E-state index >= 15 is 0 Å². The predicted octanol–water partition coefficient (Wildman–Crippen LogP) is 1.05. The first kappa shape index (κ1) is 14.0. The highest BCUT2D eigenvalue weighted by atomic mass is 16.3. The first-order valence-corrected chi connectivity index (χ1v) is 7.77. The van der Waals surface area contributed by atoms with E-state index in [2.05, 4.69) is 16.2 Å². The van der Waals surface area contributed by atoms with Gasteiger partial charge >= 0.3 is 0 Å². The zero-order valence-corrected chi connectivity index (χ0v) is 12.3. The number of rotatable bonds is 3. The SMILES string of the molecule is Cn1cc(C(CN)N2CCC3(O)CCCCC3C2)cn1. The van der Waals surface area contributed by atoms with Gasteiger partial charge in [-0.15, -0.1) is 0 Å². The minimum Gasteiger partial charge on any atom is -0.390 e. The average Bonchev–Trinajstić information content (AvgIpc) is 2.86. The van der Waals surface area contributed by atoms with E-state index < -0.39 is 5.60 Å². The standard InChI is InChI=1S/C15H26N4O/c1-18-10-12(9-17-18)14(8-16)19-7-6-15(20)5-3-2-4-13(15)11-19/h9-10,13-14,20H,2-8,11,16H2,1H3. The second kappa shape index (κ2) is 5.47. The molecule has 3 N–H and O–H groups in total. The monoisotopic (exact) mass is 278 g/mol. The lowest BCUT2D eigenvalue weighted by atomic mass is 9.71. The number of nitrogens with zero attached hydrogens (tertiary/aromatic N) is 3. The number of hydrogen-bond donors (Lipinski definition) is 2. The number of aliphatic hydroxyl groups is 1. The first-order valence-electron chi connectivity index (χ1n) is 7.77. The van der Waals surface area contributed by atoms with Crippen molar-refractivity contribution in [2.24, 2.45) is 18.7 Å². The largest absolute Gasteiger partial charge is 0.390 e. The lowest BCUT2D eigenvalue weighted by Crippen LogP contribution is -2.54. The van der Waals surface area contributed by atoms with Crippen LogP contribution in [0.3, 0.4) is 0 Å². The highest BCUT2D eigenvalue weighted by Crippen LogP contribution is 2.41. The molecule has 20 heavy (non-hydrogen) atoms. The van der Waals surface area contributed by atoms with Crippen LogP contribution in [0.25, 0.3) is 0 Å². The van der Waals surface area contributed by atoms with Gasteiger partial charge in [0.2, 0.25) is 0 Å². The molecule has 3 rings (SSSR count). The molecule has 1 aliphatic carbocycles. The van der Waals surface area contributed by atoms with Gasteiger partial charge in [0.1, 0.15) is 0 Å². The molecule has 5 heteroatoms. The summed E-state index contributed by atoms with van der Waals surface area (Å²) in [5.41, 5.74) is 6.78. The Kier molecular flexibility index (Phi) is 3.84. The van der Waals surface area contributed by atoms with E-state index in [1.54, 1.807) is 0 Å². The van der Waals surface area contributed by atoms with Crippen molar-refractivity contribution in [2.75, 3.05) is 19.6 Å². The summed E-state index contributed by atoms with van der Waals surface area (Å²) in [5.74, 6) is 0.413. The van der Waals surface area contributed by atoms with Gasteiger partial charge in [0, 0.05) is 44.4 Å². The third-order valence-electron chi connectivity index (χ3n) is 5.23. The van der Waals surface area contributed by atoms with Crippen molar-refractivity contribution < 1.29 is 5.11 Å². The molecule has 2 aliphatic rings.